The molecule has 4 aromatic heterocycles. The average Bonchev–Trinajstić information content (AvgIpc) is 3.40. The Kier molecular flexibility index (Phi) is 7.49. The number of carbonyl (C=O) groups is 1. The number of hydrogen-bond donors (Lipinski definition) is 2. The van der Waals surface area contributed by atoms with Crippen molar-refractivity contribution in [1.82, 2.24) is 35.0 Å². The fourth-order valence-electron chi connectivity index (χ4n) is 5.01. The van der Waals surface area contributed by atoms with Crippen molar-refractivity contribution >= 4 is 23.2 Å². The molecule has 16 heteroatoms. The smallest absolute Gasteiger partial charge is 0.324 e. The third-order valence-corrected chi connectivity index (χ3v) is 7.54. The van der Waals surface area contributed by atoms with Gasteiger partial charge in [-0.2, -0.15) is 23.0 Å². The summed E-state index contributed by atoms with van der Waals surface area (Å²) < 4.78 is 59.5. The molecule has 1 fully saturated rings. The molecule has 44 heavy (non-hydrogen) atoms. The van der Waals surface area contributed by atoms with Gasteiger partial charge in [0.15, 0.2) is 5.82 Å². The van der Waals surface area contributed by atoms with Crippen molar-refractivity contribution in [3.05, 3.63) is 83.7 Å². The van der Waals surface area contributed by atoms with E-state index in [2.05, 4.69) is 30.9 Å². The van der Waals surface area contributed by atoms with Gasteiger partial charge in [0.2, 0.25) is 12.1 Å². The number of aromatic nitrogens is 8. The summed E-state index contributed by atoms with van der Waals surface area (Å²) in [6.45, 7) is 1.24. The summed E-state index contributed by atoms with van der Waals surface area (Å²) in [5, 5.41) is 29.0. The van der Waals surface area contributed by atoms with Crippen molar-refractivity contribution in [3.63, 3.8) is 0 Å². The summed E-state index contributed by atoms with van der Waals surface area (Å²) in [4.78, 5) is 15.2. The first-order valence-corrected chi connectivity index (χ1v) is 13.7. The van der Waals surface area contributed by atoms with Crippen LogP contribution in [0.4, 0.5) is 23.2 Å². The van der Waals surface area contributed by atoms with Gasteiger partial charge in [-0.3, -0.25) is 14.7 Å². The molecule has 1 amide bonds. The number of alkyl halides is 3. The molecule has 5 aromatic rings. The van der Waals surface area contributed by atoms with E-state index in [1.54, 1.807) is 29.1 Å². The van der Waals surface area contributed by atoms with E-state index in [9.17, 15) is 23.2 Å². The number of nitrogens with one attached hydrogen (secondary N) is 1. The van der Waals surface area contributed by atoms with Gasteiger partial charge in [-0.25, -0.2) is 9.37 Å². The van der Waals surface area contributed by atoms with Gasteiger partial charge < -0.3 is 5.32 Å². The SMILES string of the molecule is CC(=O)Nc1cnc(C(F)(F)F)cc1-c1cnn([C@H](CC2CC2)c2ccc(-c3c(-n4cnnn4)ccc(Cl)c3F)c[n+]2O)c1. The molecule has 11 nitrogen and oxygen atoms in total. The number of pyridine rings is 2. The molecule has 0 bridgehead atoms. The quantitative estimate of drug-likeness (QED) is 0.136. The van der Waals surface area contributed by atoms with Crippen LogP contribution in [-0.2, 0) is 11.0 Å². The van der Waals surface area contributed by atoms with Crippen LogP contribution >= 0.6 is 11.6 Å². The maximum absolute atomic E-state index is 15.3. The number of rotatable bonds is 8. The van der Waals surface area contributed by atoms with Crippen LogP contribution in [0.5, 0.6) is 0 Å². The van der Waals surface area contributed by atoms with E-state index in [0.29, 0.717) is 29.3 Å². The minimum atomic E-state index is -4.70. The second kappa shape index (κ2) is 11.3. The minimum Gasteiger partial charge on any atom is -0.324 e. The predicted molar refractivity (Wildman–Crippen MR) is 147 cm³/mol. The zero-order valence-electron chi connectivity index (χ0n) is 22.9. The number of nitrogens with zero attached hydrogens (tertiary/aromatic N) is 8. The summed E-state index contributed by atoms with van der Waals surface area (Å²) >= 11 is 6.08. The van der Waals surface area contributed by atoms with E-state index >= 15 is 4.39 Å². The van der Waals surface area contributed by atoms with Gasteiger partial charge >= 0.3 is 6.18 Å². The van der Waals surface area contributed by atoms with Gasteiger partial charge in [0, 0.05) is 35.0 Å². The van der Waals surface area contributed by atoms with Crippen LogP contribution in [0.1, 0.15) is 43.6 Å². The Morgan fingerprint density at radius 2 is 2.00 bits per heavy atom. The van der Waals surface area contributed by atoms with Gasteiger partial charge in [0.1, 0.15) is 18.1 Å². The van der Waals surface area contributed by atoms with Crippen LogP contribution in [-0.4, -0.2) is 46.1 Å². The molecule has 0 radical (unpaired) electrons. The molecular weight excluding hydrogens is 606 g/mol. The Bertz CT molecular complexity index is 1860. The Morgan fingerprint density at radius 3 is 2.66 bits per heavy atom. The first-order valence-electron chi connectivity index (χ1n) is 13.4. The minimum absolute atomic E-state index is 0.0583. The molecule has 1 atom stereocenters. The Labute approximate surface area is 251 Å². The van der Waals surface area contributed by atoms with Crippen LogP contribution in [0, 0.1) is 11.7 Å². The molecule has 226 valence electrons. The first kappa shape index (κ1) is 29.2. The first-order chi connectivity index (χ1) is 21.0. The topological polar surface area (TPSA) is 128 Å². The highest BCUT2D eigenvalue weighted by Gasteiger charge is 2.35. The summed E-state index contributed by atoms with van der Waals surface area (Å²) in [6, 6.07) is 6.47. The summed E-state index contributed by atoms with van der Waals surface area (Å²) in [7, 11) is 0. The monoisotopic (exact) mass is 628 g/mol. The van der Waals surface area contributed by atoms with Crippen LogP contribution in [0.2, 0.25) is 5.02 Å². The van der Waals surface area contributed by atoms with Gasteiger partial charge in [0.25, 0.3) is 5.69 Å². The Morgan fingerprint density at radius 1 is 1.20 bits per heavy atom. The number of benzene rings is 1. The zero-order valence-corrected chi connectivity index (χ0v) is 23.6. The number of hydrogen-bond acceptors (Lipinski definition) is 7. The van der Waals surface area contributed by atoms with Crippen molar-refractivity contribution < 1.29 is 32.3 Å². The second-order valence-electron chi connectivity index (χ2n) is 10.4. The number of tetrazole rings is 1. The normalized spacial score (nSPS) is 14.0. The maximum atomic E-state index is 15.3. The maximum Gasteiger partial charge on any atom is 0.433 e. The highest BCUT2D eigenvalue weighted by molar-refractivity contribution is 6.31. The van der Waals surface area contributed by atoms with E-state index in [0.717, 1.165) is 29.8 Å². The average molecular weight is 629 g/mol. The molecule has 1 aromatic carbocycles. The van der Waals surface area contributed by atoms with E-state index in [4.69, 9.17) is 11.6 Å². The molecule has 1 aliphatic rings. The lowest BCUT2D eigenvalue weighted by Gasteiger charge is -2.15. The number of carbonyl (C=O) groups excluding carboxylic acids is 1. The number of amides is 1. The van der Waals surface area contributed by atoms with Gasteiger partial charge in [-0.05, 0) is 47.0 Å². The molecule has 6 rings (SSSR count). The fourth-order valence-corrected chi connectivity index (χ4v) is 5.17. The van der Waals surface area contributed by atoms with Crippen molar-refractivity contribution in [3.8, 4) is 27.9 Å². The number of halogens is 5. The Balaban J connectivity index is 1.40. The second-order valence-corrected chi connectivity index (χ2v) is 10.8. The molecule has 0 saturated heterocycles. The summed E-state index contributed by atoms with van der Waals surface area (Å²) in [5.74, 6) is -0.867. The molecule has 1 saturated carbocycles. The summed E-state index contributed by atoms with van der Waals surface area (Å²) in [6.07, 6.45) is 4.34. The molecule has 0 aliphatic heterocycles. The van der Waals surface area contributed by atoms with Crippen LogP contribution in [0.15, 0.2) is 61.4 Å². The molecule has 0 spiro atoms. The van der Waals surface area contributed by atoms with Crippen LogP contribution in [0.25, 0.3) is 27.9 Å². The lowest BCUT2D eigenvalue weighted by molar-refractivity contribution is -0.910. The highest BCUT2D eigenvalue weighted by Crippen LogP contribution is 2.40. The molecular formula is C28H23ClF4N9O2+. The van der Waals surface area contributed by atoms with Crippen LogP contribution in [0.3, 0.4) is 0 Å². The molecule has 4 heterocycles. The number of anilines is 1. The van der Waals surface area contributed by atoms with Crippen molar-refractivity contribution in [2.24, 2.45) is 5.92 Å². The highest BCUT2D eigenvalue weighted by atomic mass is 35.5. The van der Waals surface area contributed by atoms with Crippen molar-refractivity contribution in [1.29, 1.82) is 0 Å². The Hall–Kier alpha value is -4.92. The standard InChI is InChI=1S/C28H22ClF4N9O2/c1-15(43)37-21-11-34-25(28(31,32)33)9-19(21)18-10-36-40(12-18)24(8-16-2-3-16)22-6-4-17(13-42(22)44)26-23(41-14-35-38-39-41)7-5-20(29)27(26)30/h4-7,9-14,16,24H,2-3,8H2,1H3,(H-,37,43,44)/p+1/t24-/m1/s1. The molecule has 1 aliphatic carbocycles. The molecule has 2 N–H and O–H groups in total. The largest absolute Gasteiger partial charge is 0.433 e. The third kappa shape index (κ3) is 5.82. The van der Waals surface area contributed by atoms with E-state index in [-0.39, 0.29) is 27.4 Å². The predicted octanol–water partition coefficient (Wildman–Crippen LogP) is 5.27. The van der Waals surface area contributed by atoms with Gasteiger partial charge in [0.05, 0.1) is 39.9 Å². The van der Waals surface area contributed by atoms with E-state index in [1.165, 1.54) is 36.4 Å². The van der Waals surface area contributed by atoms with Crippen LogP contribution < -0.4 is 10.0 Å². The lowest BCUT2D eigenvalue weighted by Crippen LogP contribution is -2.38. The van der Waals surface area contributed by atoms with Gasteiger partial charge in [-0.15, -0.1) is 5.10 Å². The van der Waals surface area contributed by atoms with E-state index < -0.39 is 29.6 Å². The van der Waals surface area contributed by atoms with Gasteiger partial charge in [-0.1, -0.05) is 24.4 Å². The summed E-state index contributed by atoms with van der Waals surface area (Å²) in [5.41, 5.74) is 0.381. The third-order valence-electron chi connectivity index (χ3n) is 7.25. The van der Waals surface area contributed by atoms with Crippen molar-refractivity contribution in [2.45, 2.75) is 38.4 Å². The lowest BCUT2D eigenvalue weighted by atomic mass is 10.0. The molecule has 0 unspecified atom stereocenters. The van der Waals surface area contributed by atoms with Crippen molar-refractivity contribution in [2.75, 3.05) is 5.32 Å². The van der Waals surface area contributed by atoms with E-state index in [1.807, 2.05) is 0 Å². The zero-order chi connectivity index (χ0) is 31.2. The fraction of sp³-hybridized carbons (Fsp3) is 0.250.